The first kappa shape index (κ1) is 29.3. The van der Waals surface area contributed by atoms with Gasteiger partial charge in [0.05, 0.1) is 26.2 Å². The number of carbonyl (C=O) groups excluding carboxylic acids is 2. The van der Waals surface area contributed by atoms with Gasteiger partial charge >= 0.3 is 0 Å². The van der Waals surface area contributed by atoms with Crippen LogP contribution < -0.4 is 19.7 Å². The van der Waals surface area contributed by atoms with Crippen LogP contribution in [-0.4, -0.2) is 63.9 Å². The smallest absolute Gasteiger partial charge is 0.254 e. The Bertz CT molecular complexity index is 1340. The third-order valence-corrected chi connectivity index (χ3v) is 8.31. The molecule has 1 aliphatic rings. The van der Waals surface area contributed by atoms with Crippen LogP contribution in [0.2, 0.25) is 0 Å². The van der Waals surface area contributed by atoms with Crippen molar-refractivity contribution in [2.45, 2.75) is 37.1 Å². The van der Waals surface area contributed by atoms with Gasteiger partial charge in [0.2, 0.25) is 5.91 Å². The van der Waals surface area contributed by atoms with E-state index < -0.39 is 12.0 Å². The van der Waals surface area contributed by atoms with Gasteiger partial charge in [-0.25, -0.2) is 0 Å². The number of nitrogens with zero attached hydrogens (tertiary/aromatic N) is 2. The van der Waals surface area contributed by atoms with Gasteiger partial charge in [-0.3, -0.25) is 9.59 Å². The van der Waals surface area contributed by atoms with Crippen LogP contribution in [0.3, 0.4) is 0 Å². The van der Waals surface area contributed by atoms with Crippen LogP contribution in [0.15, 0.2) is 65.6 Å². The van der Waals surface area contributed by atoms with Gasteiger partial charge in [0.15, 0.2) is 11.5 Å². The van der Waals surface area contributed by atoms with Gasteiger partial charge in [0.1, 0.15) is 0 Å². The van der Waals surface area contributed by atoms with Crippen LogP contribution in [0.25, 0.3) is 0 Å². The first-order valence-corrected chi connectivity index (χ1v) is 14.8. The van der Waals surface area contributed by atoms with Gasteiger partial charge in [-0.15, -0.1) is 11.8 Å². The SMILES string of the molecule is CCN(CCCNC(=O)[C@H]1c2cc(OC)c(OC)cc2C(=O)N(C)[C@@H]1c1ccc(SC)cc1)c1cccc(C)c1. The molecule has 212 valence electrons. The Hall–Kier alpha value is -3.65. The summed E-state index contributed by atoms with van der Waals surface area (Å²) in [5.74, 6) is 0.0584. The second-order valence-corrected chi connectivity index (χ2v) is 10.8. The minimum Gasteiger partial charge on any atom is -0.493 e. The molecule has 8 heteroatoms. The zero-order valence-corrected chi connectivity index (χ0v) is 25.0. The van der Waals surface area contributed by atoms with Crippen molar-refractivity contribution in [2.75, 3.05) is 52.1 Å². The minimum absolute atomic E-state index is 0.120. The van der Waals surface area contributed by atoms with Crippen LogP contribution in [-0.2, 0) is 4.79 Å². The summed E-state index contributed by atoms with van der Waals surface area (Å²) in [5, 5.41) is 3.18. The molecule has 0 radical (unpaired) electrons. The Balaban J connectivity index is 1.61. The first-order valence-electron chi connectivity index (χ1n) is 13.6. The number of amides is 2. The summed E-state index contributed by atoms with van der Waals surface area (Å²) >= 11 is 1.65. The van der Waals surface area contributed by atoms with E-state index in [9.17, 15) is 9.59 Å². The predicted molar refractivity (Wildman–Crippen MR) is 162 cm³/mol. The van der Waals surface area contributed by atoms with Gasteiger partial charge in [-0.2, -0.15) is 0 Å². The zero-order valence-electron chi connectivity index (χ0n) is 24.2. The highest BCUT2D eigenvalue weighted by Crippen LogP contribution is 2.45. The number of ether oxygens (including phenoxy) is 2. The fourth-order valence-corrected chi connectivity index (χ4v) is 5.84. The fourth-order valence-electron chi connectivity index (χ4n) is 5.43. The van der Waals surface area contributed by atoms with Crippen LogP contribution in [0, 0.1) is 6.92 Å². The lowest BCUT2D eigenvalue weighted by molar-refractivity contribution is -0.124. The van der Waals surface area contributed by atoms with Gasteiger partial charge < -0.3 is 24.6 Å². The first-order chi connectivity index (χ1) is 19.3. The van der Waals surface area contributed by atoms with E-state index in [1.807, 2.05) is 30.5 Å². The van der Waals surface area contributed by atoms with Crippen molar-refractivity contribution in [3.63, 3.8) is 0 Å². The number of carbonyl (C=O) groups is 2. The van der Waals surface area contributed by atoms with Crippen molar-refractivity contribution in [1.29, 1.82) is 0 Å². The van der Waals surface area contributed by atoms with E-state index in [1.54, 1.807) is 43.0 Å². The Labute approximate surface area is 241 Å². The lowest BCUT2D eigenvalue weighted by atomic mass is 9.79. The maximum Gasteiger partial charge on any atom is 0.254 e. The molecular weight excluding hydrogens is 522 g/mol. The molecule has 4 rings (SSSR count). The molecule has 1 N–H and O–H groups in total. The summed E-state index contributed by atoms with van der Waals surface area (Å²) in [4.78, 5) is 32.6. The molecule has 1 heterocycles. The normalized spacial score (nSPS) is 16.4. The number of nitrogens with one attached hydrogen (secondary N) is 1. The fraction of sp³-hybridized carbons (Fsp3) is 0.375. The zero-order chi connectivity index (χ0) is 28.8. The van der Waals surface area contributed by atoms with Gasteiger partial charge in [0, 0.05) is 42.8 Å². The van der Waals surface area contributed by atoms with E-state index >= 15 is 0 Å². The summed E-state index contributed by atoms with van der Waals surface area (Å²) in [6, 6.07) is 19.5. The van der Waals surface area contributed by atoms with Crippen molar-refractivity contribution in [1.82, 2.24) is 10.2 Å². The molecule has 2 amide bonds. The molecule has 0 aromatic heterocycles. The molecule has 0 fully saturated rings. The largest absolute Gasteiger partial charge is 0.493 e. The van der Waals surface area contributed by atoms with E-state index in [1.165, 1.54) is 18.4 Å². The molecular formula is C32H39N3O4S. The molecule has 0 spiro atoms. The van der Waals surface area contributed by atoms with E-state index in [0.29, 0.717) is 29.2 Å². The lowest BCUT2D eigenvalue weighted by Gasteiger charge is -2.40. The molecule has 2 atom stereocenters. The number of likely N-dealkylation sites (N-methyl/N-ethyl adjacent to an activating group) is 1. The lowest BCUT2D eigenvalue weighted by Crippen LogP contribution is -2.46. The molecule has 7 nitrogen and oxygen atoms in total. The van der Waals surface area contributed by atoms with E-state index in [0.717, 1.165) is 30.0 Å². The number of methoxy groups -OCH3 is 2. The molecule has 1 aliphatic heterocycles. The Morgan fingerprint density at radius 1 is 1.05 bits per heavy atom. The number of hydrogen-bond acceptors (Lipinski definition) is 6. The maximum atomic E-state index is 14.0. The highest BCUT2D eigenvalue weighted by molar-refractivity contribution is 7.98. The second-order valence-electron chi connectivity index (χ2n) is 9.97. The third-order valence-electron chi connectivity index (χ3n) is 7.57. The Morgan fingerprint density at radius 3 is 2.38 bits per heavy atom. The molecule has 0 aliphatic carbocycles. The van der Waals surface area contributed by atoms with Crippen molar-refractivity contribution in [3.8, 4) is 11.5 Å². The molecule has 3 aromatic rings. The summed E-state index contributed by atoms with van der Waals surface area (Å²) in [6.45, 7) is 6.47. The predicted octanol–water partition coefficient (Wildman–Crippen LogP) is 5.68. The number of benzene rings is 3. The van der Waals surface area contributed by atoms with Crippen LogP contribution >= 0.6 is 11.8 Å². The maximum absolute atomic E-state index is 14.0. The highest BCUT2D eigenvalue weighted by atomic mass is 32.2. The van der Waals surface area contributed by atoms with Crippen molar-refractivity contribution in [3.05, 3.63) is 82.9 Å². The minimum atomic E-state index is -0.614. The number of rotatable bonds is 11. The molecule has 0 unspecified atom stereocenters. The van der Waals surface area contributed by atoms with Crippen molar-refractivity contribution < 1.29 is 19.1 Å². The summed E-state index contributed by atoms with van der Waals surface area (Å²) < 4.78 is 11.0. The third kappa shape index (κ3) is 6.07. The molecule has 3 aromatic carbocycles. The number of aryl methyl sites for hydroxylation is 1. The van der Waals surface area contributed by atoms with Crippen LogP contribution in [0.1, 0.15) is 52.4 Å². The van der Waals surface area contributed by atoms with Gasteiger partial charge in [-0.05, 0) is 79.6 Å². The van der Waals surface area contributed by atoms with Crippen LogP contribution in [0.5, 0.6) is 11.5 Å². The number of hydrogen-bond donors (Lipinski definition) is 1. The standard InChI is InChI=1S/C32H39N3O4S/c1-7-35(23-11-8-10-21(2)18-23)17-9-16-33-31(36)29-25-19-27(38-4)28(39-5)20-26(25)32(37)34(3)30(29)22-12-14-24(40-6)15-13-22/h8,10-15,18-20,29-30H,7,9,16-17H2,1-6H3,(H,33,36)/t29-,30+/m0/s1. The quantitative estimate of drug-likeness (QED) is 0.240. The average Bonchev–Trinajstić information content (AvgIpc) is 2.98. The molecule has 0 bridgehead atoms. The van der Waals surface area contributed by atoms with E-state index in [4.69, 9.17) is 9.47 Å². The summed E-state index contributed by atoms with van der Waals surface area (Å²) in [6.07, 6.45) is 2.82. The van der Waals surface area contributed by atoms with Gasteiger partial charge in [0.25, 0.3) is 5.91 Å². The van der Waals surface area contributed by atoms with E-state index in [2.05, 4.69) is 48.3 Å². The number of fused-ring (bicyclic) bond motifs is 1. The molecule has 0 saturated heterocycles. The topological polar surface area (TPSA) is 71.1 Å². The van der Waals surface area contributed by atoms with Crippen molar-refractivity contribution in [2.24, 2.45) is 0 Å². The van der Waals surface area contributed by atoms with Crippen LogP contribution in [0.4, 0.5) is 5.69 Å². The summed E-state index contributed by atoms with van der Waals surface area (Å²) in [7, 11) is 4.86. The Kier molecular flexibility index (Phi) is 9.63. The second kappa shape index (κ2) is 13.1. The monoisotopic (exact) mass is 561 g/mol. The number of anilines is 1. The Morgan fingerprint density at radius 2 is 1.75 bits per heavy atom. The van der Waals surface area contributed by atoms with Crippen molar-refractivity contribution >= 4 is 29.3 Å². The molecule has 40 heavy (non-hydrogen) atoms. The van der Waals surface area contributed by atoms with E-state index in [-0.39, 0.29) is 11.8 Å². The number of thioether (sulfide) groups is 1. The summed E-state index contributed by atoms with van der Waals surface area (Å²) in [5.41, 5.74) is 4.42. The molecule has 0 saturated carbocycles. The highest BCUT2D eigenvalue weighted by Gasteiger charge is 2.43. The van der Waals surface area contributed by atoms with Gasteiger partial charge in [-0.1, -0.05) is 24.3 Å². The average molecular weight is 562 g/mol.